The standard InChI is InChI=1S/C21H26N2O2/c1-15-7-5-6-8-18(15)23-19(24)13-14-22-20(25)16-9-11-17(12-10-16)21(2,3)4/h5-12H,13-14H2,1-4H3,(H,22,25)(H,23,24). The summed E-state index contributed by atoms with van der Waals surface area (Å²) in [5.41, 5.74) is 3.66. The van der Waals surface area contributed by atoms with E-state index in [4.69, 9.17) is 0 Å². The first-order valence-electron chi connectivity index (χ1n) is 8.51. The van der Waals surface area contributed by atoms with Crippen LogP contribution in [0.3, 0.4) is 0 Å². The number of rotatable bonds is 5. The van der Waals surface area contributed by atoms with Gasteiger partial charge in [0.25, 0.3) is 5.91 Å². The highest BCUT2D eigenvalue weighted by atomic mass is 16.2. The van der Waals surface area contributed by atoms with Gasteiger partial charge in [-0.1, -0.05) is 51.1 Å². The Bertz CT molecular complexity index is 743. The number of carbonyl (C=O) groups is 2. The molecule has 132 valence electrons. The van der Waals surface area contributed by atoms with Gasteiger partial charge in [0.2, 0.25) is 5.91 Å². The molecule has 0 bridgehead atoms. The van der Waals surface area contributed by atoms with Crippen molar-refractivity contribution in [3.05, 3.63) is 65.2 Å². The lowest BCUT2D eigenvalue weighted by molar-refractivity contribution is -0.116. The number of aryl methyl sites for hydroxylation is 1. The Morgan fingerprint density at radius 1 is 0.960 bits per heavy atom. The van der Waals surface area contributed by atoms with Gasteiger partial charge in [-0.25, -0.2) is 0 Å². The number of carbonyl (C=O) groups excluding carboxylic acids is 2. The largest absolute Gasteiger partial charge is 0.352 e. The molecule has 0 aliphatic heterocycles. The molecule has 2 aromatic rings. The highest BCUT2D eigenvalue weighted by molar-refractivity contribution is 5.95. The average Bonchev–Trinajstić information content (AvgIpc) is 2.56. The molecule has 0 radical (unpaired) electrons. The average molecular weight is 338 g/mol. The molecule has 0 aromatic heterocycles. The maximum Gasteiger partial charge on any atom is 0.251 e. The van der Waals surface area contributed by atoms with Gasteiger partial charge < -0.3 is 10.6 Å². The van der Waals surface area contributed by atoms with E-state index < -0.39 is 0 Å². The number of hydrogen-bond donors (Lipinski definition) is 2. The van der Waals surface area contributed by atoms with E-state index in [2.05, 4.69) is 31.4 Å². The van der Waals surface area contributed by atoms with E-state index in [0.29, 0.717) is 12.1 Å². The molecule has 0 atom stereocenters. The van der Waals surface area contributed by atoms with Crippen molar-refractivity contribution in [3.63, 3.8) is 0 Å². The molecule has 2 aromatic carbocycles. The highest BCUT2D eigenvalue weighted by Gasteiger charge is 2.14. The summed E-state index contributed by atoms with van der Waals surface area (Å²) >= 11 is 0. The molecule has 4 nitrogen and oxygen atoms in total. The minimum Gasteiger partial charge on any atom is -0.352 e. The number of amides is 2. The van der Waals surface area contributed by atoms with Crippen LogP contribution in [0.1, 0.15) is 48.7 Å². The molecule has 0 heterocycles. The second-order valence-corrected chi connectivity index (χ2v) is 7.20. The lowest BCUT2D eigenvalue weighted by Crippen LogP contribution is -2.27. The first-order chi connectivity index (χ1) is 11.8. The van der Waals surface area contributed by atoms with E-state index in [1.54, 1.807) is 0 Å². The number of para-hydroxylation sites is 1. The summed E-state index contributed by atoms with van der Waals surface area (Å²) in [4.78, 5) is 24.1. The fourth-order valence-electron chi connectivity index (χ4n) is 2.44. The molecule has 0 aliphatic carbocycles. The van der Waals surface area contributed by atoms with Crippen LogP contribution in [0.5, 0.6) is 0 Å². The lowest BCUT2D eigenvalue weighted by Gasteiger charge is -2.19. The zero-order chi connectivity index (χ0) is 18.4. The second kappa shape index (κ2) is 7.97. The van der Waals surface area contributed by atoms with E-state index in [0.717, 1.165) is 11.3 Å². The Hall–Kier alpha value is -2.62. The first kappa shape index (κ1) is 18.7. The fraction of sp³-hybridized carbons (Fsp3) is 0.333. The Balaban J connectivity index is 1.82. The summed E-state index contributed by atoms with van der Waals surface area (Å²) in [5.74, 6) is -0.276. The Kier molecular flexibility index (Phi) is 5.97. The minimum atomic E-state index is -0.163. The Morgan fingerprint density at radius 2 is 1.60 bits per heavy atom. The molecule has 0 fully saturated rings. The van der Waals surface area contributed by atoms with Gasteiger partial charge in [0.15, 0.2) is 0 Å². The van der Waals surface area contributed by atoms with Gasteiger partial charge in [-0.3, -0.25) is 9.59 Å². The SMILES string of the molecule is Cc1ccccc1NC(=O)CCNC(=O)c1ccc(C(C)(C)C)cc1. The molecular formula is C21H26N2O2. The van der Waals surface area contributed by atoms with E-state index in [1.807, 2.05) is 55.5 Å². The van der Waals surface area contributed by atoms with E-state index in [1.165, 1.54) is 5.56 Å². The van der Waals surface area contributed by atoms with Crippen LogP contribution in [0.2, 0.25) is 0 Å². The highest BCUT2D eigenvalue weighted by Crippen LogP contribution is 2.22. The molecule has 0 spiro atoms. The number of hydrogen-bond acceptors (Lipinski definition) is 2. The van der Waals surface area contributed by atoms with Crippen LogP contribution in [0.4, 0.5) is 5.69 Å². The molecule has 2 rings (SSSR count). The van der Waals surface area contributed by atoms with Crippen molar-refractivity contribution < 1.29 is 9.59 Å². The zero-order valence-electron chi connectivity index (χ0n) is 15.3. The summed E-state index contributed by atoms with van der Waals surface area (Å²) < 4.78 is 0. The monoisotopic (exact) mass is 338 g/mol. The summed E-state index contributed by atoms with van der Waals surface area (Å²) in [7, 11) is 0. The molecule has 2 N–H and O–H groups in total. The van der Waals surface area contributed by atoms with E-state index in [-0.39, 0.29) is 23.7 Å². The normalized spacial score (nSPS) is 11.0. The van der Waals surface area contributed by atoms with E-state index >= 15 is 0 Å². The van der Waals surface area contributed by atoms with Crippen LogP contribution < -0.4 is 10.6 Å². The second-order valence-electron chi connectivity index (χ2n) is 7.20. The van der Waals surface area contributed by atoms with E-state index in [9.17, 15) is 9.59 Å². The van der Waals surface area contributed by atoms with Crippen molar-refractivity contribution >= 4 is 17.5 Å². The van der Waals surface area contributed by atoms with Crippen LogP contribution in [0.15, 0.2) is 48.5 Å². The molecule has 2 amide bonds. The zero-order valence-corrected chi connectivity index (χ0v) is 15.3. The van der Waals surface area contributed by atoms with Gasteiger partial charge in [-0.2, -0.15) is 0 Å². The third kappa shape index (κ3) is 5.45. The predicted molar refractivity (Wildman–Crippen MR) is 102 cm³/mol. The Morgan fingerprint density at radius 3 is 2.20 bits per heavy atom. The van der Waals surface area contributed by atoms with Crippen LogP contribution in [-0.2, 0) is 10.2 Å². The smallest absolute Gasteiger partial charge is 0.251 e. The van der Waals surface area contributed by atoms with Crippen molar-refractivity contribution in [3.8, 4) is 0 Å². The van der Waals surface area contributed by atoms with Gasteiger partial charge in [-0.15, -0.1) is 0 Å². The van der Waals surface area contributed by atoms with Gasteiger partial charge in [0.1, 0.15) is 0 Å². The third-order valence-corrected chi connectivity index (χ3v) is 4.07. The summed E-state index contributed by atoms with van der Waals surface area (Å²) in [6.07, 6.45) is 0.236. The number of nitrogens with one attached hydrogen (secondary N) is 2. The number of benzene rings is 2. The molecule has 0 saturated heterocycles. The summed E-state index contributed by atoms with van der Waals surface area (Å²) in [5, 5.41) is 5.65. The van der Waals surface area contributed by atoms with Gasteiger partial charge in [-0.05, 0) is 41.7 Å². The molecule has 0 aliphatic rings. The van der Waals surface area contributed by atoms with Crippen molar-refractivity contribution in [2.45, 2.75) is 39.5 Å². The van der Waals surface area contributed by atoms with Crippen molar-refractivity contribution in [2.24, 2.45) is 0 Å². The van der Waals surface area contributed by atoms with Crippen molar-refractivity contribution in [1.82, 2.24) is 5.32 Å². The molecule has 0 saturated carbocycles. The van der Waals surface area contributed by atoms with Gasteiger partial charge in [0, 0.05) is 24.2 Å². The predicted octanol–water partition coefficient (Wildman–Crippen LogP) is 4.05. The lowest BCUT2D eigenvalue weighted by atomic mass is 9.87. The fourth-order valence-corrected chi connectivity index (χ4v) is 2.44. The molecule has 0 unspecified atom stereocenters. The van der Waals surface area contributed by atoms with Crippen LogP contribution in [0.25, 0.3) is 0 Å². The third-order valence-electron chi connectivity index (χ3n) is 4.07. The van der Waals surface area contributed by atoms with Gasteiger partial charge in [0.05, 0.1) is 0 Å². The number of anilines is 1. The quantitative estimate of drug-likeness (QED) is 0.864. The molecule has 25 heavy (non-hydrogen) atoms. The first-order valence-corrected chi connectivity index (χ1v) is 8.51. The van der Waals surface area contributed by atoms with Gasteiger partial charge >= 0.3 is 0 Å². The Labute approximate surface area is 149 Å². The van der Waals surface area contributed by atoms with Crippen LogP contribution in [-0.4, -0.2) is 18.4 Å². The molecule has 4 heteroatoms. The van der Waals surface area contributed by atoms with Crippen molar-refractivity contribution in [2.75, 3.05) is 11.9 Å². The maximum atomic E-state index is 12.2. The van der Waals surface area contributed by atoms with Crippen molar-refractivity contribution in [1.29, 1.82) is 0 Å². The van der Waals surface area contributed by atoms with Crippen LogP contribution >= 0.6 is 0 Å². The summed E-state index contributed by atoms with van der Waals surface area (Å²) in [6.45, 7) is 8.65. The topological polar surface area (TPSA) is 58.2 Å². The van der Waals surface area contributed by atoms with Crippen LogP contribution in [0, 0.1) is 6.92 Å². The summed E-state index contributed by atoms with van der Waals surface area (Å²) in [6, 6.07) is 15.2. The molecular weight excluding hydrogens is 312 g/mol. The maximum absolute atomic E-state index is 12.2. The minimum absolute atomic E-state index is 0.0582.